The lowest BCUT2D eigenvalue weighted by molar-refractivity contribution is 0.530. The van der Waals surface area contributed by atoms with Gasteiger partial charge in [0.1, 0.15) is 5.82 Å². The zero-order valence-corrected chi connectivity index (χ0v) is 11.2. The molecule has 3 rings (SSSR count). The molecule has 1 aliphatic rings. The van der Waals surface area contributed by atoms with Crippen LogP contribution in [0, 0.1) is 12.7 Å². The Morgan fingerprint density at radius 1 is 1.39 bits per heavy atom. The van der Waals surface area contributed by atoms with Crippen molar-refractivity contribution >= 4 is 11.3 Å². The highest BCUT2D eigenvalue weighted by atomic mass is 32.1. The second kappa shape index (κ2) is 4.82. The van der Waals surface area contributed by atoms with Crippen molar-refractivity contribution in [2.45, 2.75) is 32.4 Å². The predicted molar refractivity (Wildman–Crippen MR) is 73.4 cm³/mol. The summed E-state index contributed by atoms with van der Waals surface area (Å²) in [6, 6.07) is 5.72. The van der Waals surface area contributed by atoms with Crippen LogP contribution in [-0.2, 0) is 13.0 Å². The van der Waals surface area contributed by atoms with Crippen molar-refractivity contribution in [2.75, 3.05) is 0 Å². The Morgan fingerprint density at radius 2 is 2.28 bits per heavy atom. The molecule has 0 spiro atoms. The summed E-state index contributed by atoms with van der Waals surface area (Å²) in [5.74, 6) is -0.0523. The molecule has 0 saturated carbocycles. The first kappa shape index (κ1) is 11.9. The molecule has 18 heavy (non-hydrogen) atoms. The van der Waals surface area contributed by atoms with Crippen LogP contribution < -0.4 is 5.32 Å². The maximum atomic E-state index is 13.6. The first-order chi connectivity index (χ1) is 8.75. The first-order valence-electron chi connectivity index (χ1n) is 6.28. The van der Waals surface area contributed by atoms with Gasteiger partial charge in [-0.25, -0.2) is 4.39 Å². The summed E-state index contributed by atoms with van der Waals surface area (Å²) in [4.78, 5) is 0. The average Bonchev–Trinajstić information content (AvgIpc) is 2.94. The molecule has 1 unspecified atom stereocenters. The number of rotatable bonds is 3. The van der Waals surface area contributed by atoms with Crippen LogP contribution >= 0.6 is 11.3 Å². The van der Waals surface area contributed by atoms with Crippen molar-refractivity contribution in [2.24, 2.45) is 0 Å². The van der Waals surface area contributed by atoms with Crippen molar-refractivity contribution in [1.82, 2.24) is 5.32 Å². The summed E-state index contributed by atoms with van der Waals surface area (Å²) in [5, 5.41) is 7.90. The van der Waals surface area contributed by atoms with E-state index in [0.717, 1.165) is 30.5 Å². The van der Waals surface area contributed by atoms with Gasteiger partial charge in [0.2, 0.25) is 0 Å². The van der Waals surface area contributed by atoms with E-state index in [0.29, 0.717) is 6.04 Å². The third-order valence-corrected chi connectivity index (χ3v) is 4.62. The largest absolute Gasteiger partial charge is 0.306 e. The van der Waals surface area contributed by atoms with Crippen molar-refractivity contribution in [3.8, 4) is 0 Å². The summed E-state index contributed by atoms with van der Waals surface area (Å²) in [6.45, 7) is 3.01. The summed E-state index contributed by atoms with van der Waals surface area (Å²) >= 11 is 1.74. The minimum atomic E-state index is -0.0523. The molecule has 1 nitrogen and oxygen atoms in total. The molecule has 1 atom stereocenters. The zero-order valence-electron chi connectivity index (χ0n) is 10.4. The molecular formula is C15H16FNS. The fourth-order valence-electron chi connectivity index (χ4n) is 2.62. The molecule has 0 saturated heterocycles. The number of hydrogen-bond acceptors (Lipinski definition) is 2. The van der Waals surface area contributed by atoms with Gasteiger partial charge in [-0.05, 0) is 58.8 Å². The third kappa shape index (κ3) is 2.08. The van der Waals surface area contributed by atoms with Crippen molar-refractivity contribution in [3.05, 3.63) is 57.0 Å². The highest BCUT2D eigenvalue weighted by molar-refractivity contribution is 7.08. The predicted octanol–water partition coefficient (Wildman–Crippen LogP) is 3.97. The Kier molecular flexibility index (Phi) is 3.18. The molecule has 94 valence electrons. The summed E-state index contributed by atoms with van der Waals surface area (Å²) in [7, 11) is 0. The van der Waals surface area contributed by atoms with Gasteiger partial charge in [-0.3, -0.25) is 0 Å². The van der Waals surface area contributed by atoms with Gasteiger partial charge in [-0.2, -0.15) is 11.3 Å². The first-order valence-corrected chi connectivity index (χ1v) is 7.22. The highest BCUT2D eigenvalue weighted by Crippen LogP contribution is 2.33. The molecule has 3 heteroatoms. The van der Waals surface area contributed by atoms with E-state index in [2.05, 4.69) is 23.0 Å². The van der Waals surface area contributed by atoms with E-state index < -0.39 is 0 Å². The van der Waals surface area contributed by atoms with Crippen LogP contribution in [0.4, 0.5) is 4.39 Å². The average molecular weight is 261 g/mol. The molecule has 1 N–H and O–H groups in total. The molecule has 0 aliphatic heterocycles. The van der Waals surface area contributed by atoms with Gasteiger partial charge in [-0.1, -0.05) is 12.1 Å². The lowest BCUT2D eigenvalue weighted by Crippen LogP contribution is -2.18. The maximum Gasteiger partial charge on any atom is 0.126 e. The second-order valence-corrected chi connectivity index (χ2v) is 5.60. The van der Waals surface area contributed by atoms with E-state index >= 15 is 0 Å². The fourth-order valence-corrected chi connectivity index (χ4v) is 3.48. The molecule has 0 amide bonds. The molecule has 1 heterocycles. The van der Waals surface area contributed by atoms with Crippen LogP contribution in [0.2, 0.25) is 0 Å². The quantitative estimate of drug-likeness (QED) is 0.881. The number of fused-ring (bicyclic) bond motifs is 1. The van der Waals surface area contributed by atoms with E-state index in [-0.39, 0.29) is 5.82 Å². The van der Waals surface area contributed by atoms with Crippen molar-refractivity contribution in [1.29, 1.82) is 0 Å². The van der Waals surface area contributed by atoms with Gasteiger partial charge in [0, 0.05) is 12.6 Å². The molecule has 0 fully saturated rings. The van der Waals surface area contributed by atoms with Gasteiger partial charge in [0.25, 0.3) is 0 Å². The molecule has 0 bridgehead atoms. The molecule has 2 aromatic rings. The maximum absolute atomic E-state index is 13.6. The number of halogens is 1. The van der Waals surface area contributed by atoms with E-state index in [4.69, 9.17) is 0 Å². The lowest BCUT2D eigenvalue weighted by atomic mass is 10.1. The minimum Gasteiger partial charge on any atom is -0.306 e. The smallest absolute Gasteiger partial charge is 0.126 e. The van der Waals surface area contributed by atoms with Gasteiger partial charge in [0.15, 0.2) is 0 Å². The Labute approximate surface area is 111 Å². The lowest BCUT2D eigenvalue weighted by Gasteiger charge is -2.14. The highest BCUT2D eigenvalue weighted by Gasteiger charge is 2.24. The van der Waals surface area contributed by atoms with E-state index in [1.54, 1.807) is 17.4 Å². The normalized spacial score (nSPS) is 18.0. The van der Waals surface area contributed by atoms with Gasteiger partial charge >= 0.3 is 0 Å². The Balaban J connectivity index is 1.74. The molecular weight excluding hydrogens is 245 g/mol. The third-order valence-electron chi connectivity index (χ3n) is 3.71. The van der Waals surface area contributed by atoms with Crippen molar-refractivity contribution < 1.29 is 4.39 Å². The zero-order chi connectivity index (χ0) is 12.5. The fraction of sp³-hybridized carbons (Fsp3) is 0.333. The molecule has 1 aromatic heterocycles. The summed E-state index contributed by atoms with van der Waals surface area (Å²) in [5.41, 5.74) is 4.73. The van der Waals surface area contributed by atoms with Crippen LogP contribution in [0.5, 0.6) is 0 Å². The minimum absolute atomic E-state index is 0.0523. The van der Waals surface area contributed by atoms with Crippen LogP contribution in [0.15, 0.2) is 29.0 Å². The van der Waals surface area contributed by atoms with Gasteiger partial charge < -0.3 is 5.32 Å². The van der Waals surface area contributed by atoms with Crippen LogP contribution in [0.1, 0.15) is 34.7 Å². The van der Waals surface area contributed by atoms with Crippen LogP contribution in [0.3, 0.4) is 0 Å². The number of benzene rings is 1. The van der Waals surface area contributed by atoms with E-state index in [1.807, 2.05) is 12.1 Å². The standard InChI is InChI=1S/C15H16FNS/c1-10-8-18-9-11(10)7-17-15-6-5-12-13(15)3-2-4-14(12)16/h2-4,8-9,15,17H,5-7H2,1H3. The van der Waals surface area contributed by atoms with Crippen molar-refractivity contribution in [3.63, 3.8) is 0 Å². The molecule has 0 radical (unpaired) electrons. The Bertz CT molecular complexity index is 561. The number of hydrogen-bond donors (Lipinski definition) is 1. The van der Waals surface area contributed by atoms with E-state index in [9.17, 15) is 4.39 Å². The monoisotopic (exact) mass is 261 g/mol. The number of thiophene rings is 1. The topological polar surface area (TPSA) is 12.0 Å². The SMILES string of the molecule is Cc1cscc1CNC1CCc2c(F)cccc21. The summed E-state index contributed by atoms with van der Waals surface area (Å²) in [6.07, 6.45) is 1.85. The second-order valence-electron chi connectivity index (χ2n) is 4.86. The van der Waals surface area contributed by atoms with Gasteiger partial charge in [0.05, 0.1) is 0 Å². The van der Waals surface area contributed by atoms with Crippen LogP contribution in [0.25, 0.3) is 0 Å². The Morgan fingerprint density at radius 3 is 3.06 bits per heavy atom. The summed E-state index contributed by atoms with van der Waals surface area (Å²) < 4.78 is 13.6. The number of nitrogens with one attached hydrogen (secondary N) is 1. The number of aryl methyl sites for hydroxylation is 1. The van der Waals surface area contributed by atoms with Crippen LogP contribution in [-0.4, -0.2) is 0 Å². The van der Waals surface area contributed by atoms with E-state index in [1.165, 1.54) is 11.1 Å². The molecule has 1 aliphatic carbocycles. The molecule has 1 aromatic carbocycles. The van der Waals surface area contributed by atoms with Gasteiger partial charge in [-0.15, -0.1) is 0 Å². The Hall–Kier alpha value is -1.19.